The van der Waals surface area contributed by atoms with E-state index in [1.807, 2.05) is 48.3 Å². The highest BCUT2D eigenvalue weighted by atomic mass is 35.5. The molecule has 2 nitrogen and oxygen atoms in total. The molecule has 88 valence electrons. The minimum Gasteiger partial charge on any atom is -0.399 e. The van der Waals surface area contributed by atoms with Crippen molar-refractivity contribution in [3.8, 4) is 0 Å². The van der Waals surface area contributed by atoms with Crippen LogP contribution in [-0.4, -0.2) is 7.05 Å². The van der Waals surface area contributed by atoms with E-state index in [1.165, 1.54) is 0 Å². The number of halogens is 2. The SMILES string of the molecule is CN(c1cccc(N)c1)c1ccc(Cl)c(Cl)c1. The van der Waals surface area contributed by atoms with Gasteiger partial charge in [-0.1, -0.05) is 29.3 Å². The van der Waals surface area contributed by atoms with Crippen LogP contribution in [0.1, 0.15) is 0 Å². The fourth-order valence-corrected chi connectivity index (χ4v) is 1.87. The fraction of sp³-hybridized carbons (Fsp3) is 0.0769. The summed E-state index contributed by atoms with van der Waals surface area (Å²) in [6, 6.07) is 13.2. The molecule has 2 rings (SSSR count). The Morgan fingerprint density at radius 2 is 1.65 bits per heavy atom. The maximum atomic E-state index is 5.99. The normalized spacial score (nSPS) is 10.3. The average Bonchev–Trinajstić information content (AvgIpc) is 2.32. The summed E-state index contributed by atoms with van der Waals surface area (Å²) in [5, 5.41) is 1.09. The third kappa shape index (κ3) is 2.65. The van der Waals surface area contributed by atoms with Gasteiger partial charge in [-0.15, -0.1) is 0 Å². The maximum absolute atomic E-state index is 5.99. The number of nitrogens with two attached hydrogens (primary N) is 1. The lowest BCUT2D eigenvalue weighted by Gasteiger charge is -2.20. The van der Waals surface area contributed by atoms with Crippen molar-refractivity contribution < 1.29 is 0 Å². The molecule has 2 aromatic carbocycles. The standard InChI is InChI=1S/C13H12Cl2N2/c1-17(10-4-2-3-9(16)7-10)11-5-6-12(14)13(15)8-11/h2-8H,16H2,1H3. The Bertz CT molecular complexity index is 541. The van der Waals surface area contributed by atoms with Crippen LogP contribution in [0.2, 0.25) is 10.0 Å². The Kier molecular flexibility index (Phi) is 3.46. The minimum atomic E-state index is 0.542. The molecule has 0 aliphatic heterocycles. The van der Waals surface area contributed by atoms with Gasteiger partial charge in [-0.05, 0) is 36.4 Å². The number of hydrogen-bond acceptors (Lipinski definition) is 2. The number of hydrogen-bond donors (Lipinski definition) is 1. The molecule has 2 aromatic rings. The highest BCUT2D eigenvalue weighted by molar-refractivity contribution is 6.42. The Labute approximate surface area is 111 Å². The monoisotopic (exact) mass is 266 g/mol. The first kappa shape index (κ1) is 12.1. The second-order valence-corrected chi connectivity index (χ2v) is 4.57. The zero-order valence-electron chi connectivity index (χ0n) is 9.32. The Morgan fingerprint density at radius 3 is 2.29 bits per heavy atom. The first-order chi connectivity index (χ1) is 8.08. The largest absolute Gasteiger partial charge is 0.399 e. The van der Waals surface area contributed by atoms with Crippen molar-refractivity contribution in [2.24, 2.45) is 0 Å². The minimum absolute atomic E-state index is 0.542. The van der Waals surface area contributed by atoms with Crippen LogP contribution in [0.3, 0.4) is 0 Å². The molecule has 2 N–H and O–H groups in total. The second kappa shape index (κ2) is 4.86. The van der Waals surface area contributed by atoms with Gasteiger partial charge in [-0.2, -0.15) is 0 Å². The van der Waals surface area contributed by atoms with Crippen LogP contribution in [0.5, 0.6) is 0 Å². The zero-order valence-corrected chi connectivity index (χ0v) is 10.8. The van der Waals surface area contributed by atoms with Gasteiger partial charge in [0.1, 0.15) is 0 Å². The topological polar surface area (TPSA) is 29.3 Å². The summed E-state index contributed by atoms with van der Waals surface area (Å²) in [7, 11) is 1.95. The lowest BCUT2D eigenvalue weighted by molar-refractivity contribution is 1.21. The third-order valence-electron chi connectivity index (χ3n) is 2.55. The third-order valence-corrected chi connectivity index (χ3v) is 3.29. The van der Waals surface area contributed by atoms with Gasteiger partial charge < -0.3 is 10.6 Å². The molecular weight excluding hydrogens is 255 g/mol. The molecule has 0 saturated heterocycles. The van der Waals surface area contributed by atoms with E-state index in [9.17, 15) is 0 Å². The predicted molar refractivity (Wildman–Crippen MR) is 75.4 cm³/mol. The molecule has 0 spiro atoms. The van der Waals surface area contributed by atoms with Crippen molar-refractivity contribution in [2.75, 3.05) is 17.7 Å². The lowest BCUT2D eigenvalue weighted by Crippen LogP contribution is -2.09. The van der Waals surface area contributed by atoms with E-state index < -0.39 is 0 Å². The molecular formula is C13H12Cl2N2. The molecule has 0 radical (unpaired) electrons. The molecule has 0 aliphatic carbocycles. The molecule has 0 fully saturated rings. The highest BCUT2D eigenvalue weighted by Crippen LogP contribution is 2.30. The van der Waals surface area contributed by atoms with Crippen molar-refractivity contribution >= 4 is 40.3 Å². The molecule has 0 saturated carbocycles. The van der Waals surface area contributed by atoms with Crippen LogP contribution in [0, 0.1) is 0 Å². The summed E-state index contributed by atoms with van der Waals surface area (Å²) in [6.45, 7) is 0. The van der Waals surface area contributed by atoms with Crippen LogP contribution in [0.15, 0.2) is 42.5 Å². The molecule has 0 aliphatic rings. The lowest BCUT2D eigenvalue weighted by atomic mass is 10.2. The van der Waals surface area contributed by atoms with Crippen LogP contribution in [-0.2, 0) is 0 Å². The summed E-state index contributed by atoms with van der Waals surface area (Å²) >= 11 is 11.9. The summed E-state index contributed by atoms with van der Waals surface area (Å²) in [6.07, 6.45) is 0. The van der Waals surface area contributed by atoms with E-state index in [1.54, 1.807) is 6.07 Å². The van der Waals surface area contributed by atoms with Crippen molar-refractivity contribution in [3.05, 3.63) is 52.5 Å². The first-order valence-corrected chi connectivity index (χ1v) is 5.88. The van der Waals surface area contributed by atoms with Gasteiger partial charge in [0.25, 0.3) is 0 Å². The Balaban J connectivity index is 2.36. The van der Waals surface area contributed by atoms with E-state index in [2.05, 4.69) is 0 Å². The van der Waals surface area contributed by atoms with Gasteiger partial charge in [-0.25, -0.2) is 0 Å². The van der Waals surface area contributed by atoms with E-state index in [4.69, 9.17) is 28.9 Å². The molecule has 0 unspecified atom stereocenters. The van der Waals surface area contributed by atoms with Gasteiger partial charge in [0, 0.05) is 24.1 Å². The highest BCUT2D eigenvalue weighted by Gasteiger charge is 2.06. The fourth-order valence-electron chi connectivity index (χ4n) is 1.58. The van der Waals surface area contributed by atoms with Crippen molar-refractivity contribution in [3.63, 3.8) is 0 Å². The number of anilines is 3. The van der Waals surface area contributed by atoms with Crippen LogP contribution in [0.25, 0.3) is 0 Å². The average molecular weight is 267 g/mol. The van der Waals surface area contributed by atoms with Crippen LogP contribution in [0.4, 0.5) is 17.1 Å². The van der Waals surface area contributed by atoms with Crippen molar-refractivity contribution in [1.82, 2.24) is 0 Å². The summed E-state index contributed by atoms with van der Waals surface area (Å²) in [5.41, 5.74) is 8.45. The van der Waals surface area contributed by atoms with E-state index in [-0.39, 0.29) is 0 Å². The first-order valence-electron chi connectivity index (χ1n) is 5.12. The number of nitrogens with zero attached hydrogens (tertiary/aromatic N) is 1. The molecule has 0 heterocycles. The van der Waals surface area contributed by atoms with E-state index >= 15 is 0 Å². The number of rotatable bonds is 2. The predicted octanol–water partition coefficient (Wildman–Crippen LogP) is 4.34. The van der Waals surface area contributed by atoms with E-state index in [0.717, 1.165) is 17.1 Å². The molecule has 17 heavy (non-hydrogen) atoms. The van der Waals surface area contributed by atoms with E-state index in [0.29, 0.717) is 10.0 Å². The zero-order chi connectivity index (χ0) is 12.4. The van der Waals surface area contributed by atoms with Gasteiger partial charge in [0.2, 0.25) is 0 Å². The van der Waals surface area contributed by atoms with Crippen molar-refractivity contribution in [1.29, 1.82) is 0 Å². The molecule has 4 heteroatoms. The maximum Gasteiger partial charge on any atom is 0.0613 e. The number of nitrogen functional groups attached to an aromatic ring is 1. The van der Waals surface area contributed by atoms with Gasteiger partial charge >= 0.3 is 0 Å². The summed E-state index contributed by atoms with van der Waals surface area (Å²) < 4.78 is 0. The molecule has 0 aromatic heterocycles. The van der Waals surface area contributed by atoms with Crippen LogP contribution >= 0.6 is 23.2 Å². The molecule has 0 bridgehead atoms. The van der Waals surface area contributed by atoms with Gasteiger partial charge in [0.15, 0.2) is 0 Å². The number of benzene rings is 2. The summed E-state index contributed by atoms with van der Waals surface area (Å²) in [5.74, 6) is 0. The van der Waals surface area contributed by atoms with Crippen LogP contribution < -0.4 is 10.6 Å². The quantitative estimate of drug-likeness (QED) is 0.820. The van der Waals surface area contributed by atoms with Gasteiger partial charge in [0.05, 0.1) is 10.0 Å². The smallest absolute Gasteiger partial charge is 0.0613 e. The second-order valence-electron chi connectivity index (χ2n) is 3.75. The van der Waals surface area contributed by atoms with Crippen molar-refractivity contribution in [2.45, 2.75) is 0 Å². The summed E-state index contributed by atoms with van der Waals surface area (Å²) in [4.78, 5) is 2.00. The Morgan fingerprint density at radius 1 is 0.941 bits per heavy atom. The van der Waals surface area contributed by atoms with Gasteiger partial charge in [-0.3, -0.25) is 0 Å². The molecule has 0 amide bonds. The Hall–Kier alpha value is -1.38. The molecule has 0 atom stereocenters.